The number of nitrogens with one attached hydrogen (secondary N) is 1. The number of carbonyl (C=O) groups excluding carboxylic acids is 1. The number of nitrogens with zero attached hydrogens (tertiary/aromatic N) is 3. The lowest BCUT2D eigenvalue weighted by molar-refractivity contribution is -0.117. The molecule has 6 nitrogen and oxygen atoms in total. The Balaban J connectivity index is 1.97. The summed E-state index contributed by atoms with van der Waals surface area (Å²) < 4.78 is 19.2. The van der Waals surface area contributed by atoms with E-state index in [0.717, 1.165) is 50.8 Å². The topological polar surface area (TPSA) is 78.2 Å². The van der Waals surface area contributed by atoms with E-state index in [9.17, 15) is 14.4 Å². The number of halogens is 1. The fourth-order valence-electron chi connectivity index (χ4n) is 4.02. The summed E-state index contributed by atoms with van der Waals surface area (Å²) in [7, 11) is 0. The van der Waals surface area contributed by atoms with E-state index in [1.807, 2.05) is 18.2 Å². The van der Waals surface area contributed by atoms with Crippen LogP contribution in [0.2, 0.25) is 0 Å². The molecule has 35 heavy (non-hydrogen) atoms. The molecule has 0 spiro atoms. The molecule has 1 aromatic rings. The van der Waals surface area contributed by atoms with Crippen molar-refractivity contribution >= 4 is 12.0 Å². The quantitative estimate of drug-likeness (QED) is 0.122. The minimum absolute atomic E-state index is 0.107. The first-order valence-electron chi connectivity index (χ1n) is 12.8. The number of pyridine rings is 1. The molecule has 0 saturated carbocycles. The van der Waals surface area contributed by atoms with Crippen LogP contribution in [0.3, 0.4) is 0 Å². The van der Waals surface area contributed by atoms with E-state index in [2.05, 4.69) is 35.1 Å². The van der Waals surface area contributed by atoms with Crippen molar-refractivity contribution in [1.82, 2.24) is 15.2 Å². The Morgan fingerprint density at radius 3 is 2.80 bits per heavy atom. The van der Waals surface area contributed by atoms with Crippen LogP contribution in [0.5, 0.6) is 0 Å². The van der Waals surface area contributed by atoms with Crippen LogP contribution in [0.1, 0.15) is 64.5 Å². The van der Waals surface area contributed by atoms with Crippen molar-refractivity contribution in [3.05, 3.63) is 59.2 Å². The summed E-state index contributed by atoms with van der Waals surface area (Å²) in [4.78, 5) is 19.1. The minimum Gasteiger partial charge on any atom is -0.377 e. The second kappa shape index (κ2) is 16.7. The van der Waals surface area contributed by atoms with Gasteiger partial charge in [-0.1, -0.05) is 51.0 Å². The first kappa shape index (κ1) is 28.4. The highest BCUT2D eigenvalue weighted by molar-refractivity contribution is 6.01. The monoisotopic (exact) mass is 482 g/mol. The van der Waals surface area contributed by atoms with Gasteiger partial charge in [-0.25, -0.2) is 4.98 Å². The van der Waals surface area contributed by atoms with Crippen LogP contribution in [-0.2, 0) is 9.53 Å². The van der Waals surface area contributed by atoms with Crippen LogP contribution in [0.25, 0.3) is 6.08 Å². The predicted molar refractivity (Wildman–Crippen MR) is 138 cm³/mol. The first-order valence-corrected chi connectivity index (χ1v) is 12.8. The van der Waals surface area contributed by atoms with Crippen molar-refractivity contribution in [3.63, 3.8) is 0 Å². The number of aromatic nitrogens is 1. The van der Waals surface area contributed by atoms with Gasteiger partial charge in [0.05, 0.1) is 18.3 Å². The summed E-state index contributed by atoms with van der Waals surface area (Å²) in [6.07, 6.45) is 14.6. The van der Waals surface area contributed by atoms with Gasteiger partial charge in [-0.3, -0.25) is 4.79 Å². The molecule has 1 aliphatic rings. The van der Waals surface area contributed by atoms with Gasteiger partial charge in [0.15, 0.2) is 0 Å². The zero-order valence-electron chi connectivity index (χ0n) is 21.1. The molecular formula is C28H39FN4O2. The van der Waals surface area contributed by atoms with Crippen LogP contribution >= 0.6 is 0 Å². The molecule has 0 radical (unpaired) electrons. The van der Waals surface area contributed by atoms with Crippen molar-refractivity contribution in [2.75, 3.05) is 32.8 Å². The summed E-state index contributed by atoms with van der Waals surface area (Å²) in [6, 6.07) is 5.95. The highest BCUT2D eigenvalue weighted by Crippen LogP contribution is 2.15. The molecule has 190 valence electrons. The third-order valence-electron chi connectivity index (χ3n) is 5.83. The van der Waals surface area contributed by atoms with E-state index in [0.29, 0.717) is 6.61 Å². The molecule has 2 rings (SSSR count). The molecule has 0 aliphatic carbocycles. The third kappa shape index (κ3) is 11.0. The van der Waals surface area contributed by atoms with Crippen molar-refractivity contribution in [3.8, 4) is 6.07 Å². The fourth-order valence-corrected chi connectivity index (χ4v) is 4.02. The summed E-state index contributed by atoms with van der Waals surface area (Å²) in [5.74, 6) is -1.15. The molecular weight excluding hydrogens is 443 g/mol. The van der Waals surface area contributed by atoms with Crippen LogP contribution in [0.4, 0.5) is 4.39 Å². The summed E-state index contributed by atoms with van der Waals surface area (Å²) in [6.45, 7) is 8.92. The van der Waals surface area contributed by atoms with Crippen molar-refractivity contribution in [2.45, 2.75) is 64.8 Å². The molecule has 1 aromatic heterocycles. The van der Waals surface area contributed by atoms with Gasteiger partial charge in [0, 0.05) is 13.2 Å². The maximum absolute atomic E-state index is 13.4. The highest BCUT2D eigenvalue weighted by Gasteiger charge is 2.18. The number of likely N-dealkylation sites (tertiary alicyclic amines) is 1. The largest absolute Gasteiger partial charge is 0.377 e. The van der Waals surface area contributed by atoms with E-state index < -0.39 is 11.9 Å². The van der Waals surface area contributed by atoms with E-state index in [1.165, 1.54) is 44.1 Å². The SMILES string of the molecule is CCC/C=C(\C=C/COCCCN1CCCC1)C(CCC)NC(=O)/C(C#N)=C/c1cccc(F)n1. The van der Waals surface area contributed by atoms with Gasteiger partial charge in [-0.15, -0.1) is 0 Å². The lowest BCUT2D eigenvalue weighted by atomic mass is 9.99. The number of rotatable bonds is 15. The molecule has 1 unspecified atom stereocenters. The number of hydrogen-bond donors (Lipinski definition) is 1. The predicted octanol–water partition coefficient (Wildman–Crippen LogP) is 5.20. The van der Waals surface area contributed by atoms with Crippen molar-refractivity contribution < 1.29 is 13.9 Å². The number of unbranched alkanes of at least 4 members (excludes halogenated alkanes) is 1. The molecule has 1 atom stereocenters. The lowest BCUT2D eigenvalue weighted by Gasteiger charge is -2.20. The minimum atomic E-state index is -0.659. The van der Waals surface area contributed by atoms with Gasteiger partial charge >= 0.3 is 0 Å². The number of carbonyl (C=O) groups is 1. The van der Waals surface area contributed by atoms with Crippen LogP contribution in [0.15, 0.2) is 47.6 Å². The normalized spacial score (nSPS) is 15.9. The summed E-state index contributed by atoms with van der Waals surface area (Å²) in [5.41, 5.74) is 1.13. The van der Waals surface area contributed by atoms with Crippen molar-refractivity contribution in [1.29, 1.82) is 5.26 Å². The van der Waals surface area contributed by atoms with E-state index in [1.54, 1.807) is 6.07 Å². The van der Waals surface area contributed by atoms with E-state index in [-0.39, 0.29) is 17.3 Å². The van der Waals surface area contributed by atoms with Gasteiger partial charge < -0.3 is 15.0 Å². The van der Waals surface area contributed by atoms with Crippen LogP contribution in [-0.4, -0.2) is 54.7 Å². The first-order chi connectivity index (χ1) is 17.1. The molecule has 1 amide bonds. The zero-order valence-corrected chi connectivity index (χ0v) is 21.1. The second-order valence-electron chi connectivity index (χ2n) is 8.74. The Kier molecular flexibility index (Phi) is 13.6. The number of allylic oxidation sites excluding steroid dienone is 1. The third-order valence-corrected chi connectivity index (χ3v) is 5.83. The maximum atomic E-state index is 13.4. The Labute approximate surface area is 209 Å². The smallest absolute Gasteiger partial charge is 0.262 e. The van der Waals surface area contributed by atoms with Crippen LogP contribution < -0.4 is 5.32 Å². The number of ether oxygens (including phenoxy) is 1. The second-order valence-corrected chi connectivity index (χ2v) is 8.74. The molecule has 7 heteroatoms. The number of nitriles is 1. The molecule has 1 saturated heterocycles. The van der Waals surface area contributed by atoms with E-state index in [4.69, 9.17) is 4.74 Å². The average molecular weight is 483 g/mol. The summed E-state index contributed by atoms with van der Waals surface area (Å²) >= 11 is 0. The van der Waals surface area contributed by atoms with E-state index >= 15 is 0 Å². The molecule has 2 heterocycles. The zero-order chi connectivity index (χ0) is 25.3. The maximum Gasteiger partial charge on any atom is 0.262 e. The van der Waals surface area contributed by atoms with Crippen molar-refractivity contribution in [2.24, 2.45) is 0 Å². The Morgan fingerprint density at radius 1 is 1.31 bits per heavy atom. The lowest BCUT2D eigenvalue weighted by Crippen LogP contribution is -2.36. The Hall–Kier alpha value is -2.82. The number of amides is 1. The molecule has 1 aliphatic heterocycles. The molecule has 0 aromatic carbocycles. The molecule has 0 bridgehead atoms. The molecule has 1 fully saturated rings. The fraction of sp³-hybridized carbons (Fsp3) is 0.536. The molecule has 1 N–H and O–H groups in total. The average Bonchev–Trinajstić information content (AvgIpc) is 3.37. The van der Waals surface area contributed by atoms with Crippen LogP contribution in [0, 0.1) is 17.3 Å². The highest BCUT2D eigenvalue weighted by atomic mass is 19.1. The van der Waals surface area contributed by atoms with Gasteiger partial charge in [0.25, 0.3) is 5.91 Å². The number of hydrogen-bond acceptors (Lipinski definition) is 5. The standard InChI is InChI=1S/C28H39FN4O2/c1-3-5-12-23(13-9-19-35-20-10-18-33-16-6-7-17-33)26(11-4-2)32-28(34)24(22-30)21-25-14-8-15-27(29)31-25/h8-9,12-15,21,26H,3-7,10-11,16-20H2,1-2H3,(H,32,34)/b13-9-,23-12+,24-21+. The van der Waals surface area contributed by atoms with Gasteiger partial charge in [-0.2, -0.15) is 9.65 Å². The Bertz CT molecular complexity index is 914. The Morgan fingerprint density at radius 2 is 2.11 bits per heavy atom. The van der Waals surface area contributed by atoms with Gasteiger partial charge in [0.2, 0.25) is 5.95 Å². The summed E-state index contributed by atoms with van der Waals surface area (Å²) in [5, 5.41) is 12.5. The van der Waals surface area contributed by atoms with Gasteiger partial charge in [-0.05, 0) is 69.0 Å². The van der Waals surface area contributed by atoms with Gasteiger partial charge in [0.1, 0.15) is 11.6 Å².